The highest BCUT2D eigenvalue weighted by molar-refractivity contribution is 8.09. The van der Waals surface area contributed by atoms with Gasteiger partial charge in [0.1, 0.15) is 6.10 Å². The molecule has 1 aliphatic heterocycles. The van der Waals surface area contributed by atoms with E-state index in [2.05, 4.69) is 0 Å². The zero-order valence-electron chi connectivity index (χ0n) is 12.5. The molecule has 0 bridgehead atoms. The van der Waals surface area contributed by atoms with Crippen molar-refractivity contribution in [1.82, 2.24) is 0 Å². The van der Waals surface area contributed by atoms with Crippen molar-refractivity contribution in [1.29, 1.82) is 0 Å². The van der Waals surface area contributed by atoms with Gasteiger partial charge in [-0.1, -0.05) is 0 Å². The number of hydrogen-bond donors (Lipinski definition) is 0. The number of halogens is 6. The molecule has 1 fully saturated rings. The van der Waals surface area contributed by atoms with E-state index in [0.29, 0.717) is 6.61 Å². The van der Waals surface area contributed by atoms with Gasteiger partial charge < -0.3 is 14.2 Å². The van der Waals surface area contributed by atoms with E-state index in [0.717, 1.165) is 0 Å². The van der Waals surface area contributed by atoms with E-state index in [1.54, 1.807) is 0 Å². The van der Waals surface area contributed by atoms with Gasteiger partial charge in [-0.2, -0.15) is 26.3 Å². The Bertz CT molecular complexity index is 606. The molecule has 1 aliphatic rings. The second kappa shape index (κ2) is 7.54. The molecule has 25 heavy (non-hydrogen) atoms. The standard InChI is InChI=1S/C10H14F6O7S2/c1-6(22-4-7-5-23-7)21-3-2-8(24(17,18)9(11,12)13)25(19,20)10(14,15)16/h6-8H,2-5H2,1H3. The highest BCUT2D eigenvalue weighted by Crippen LogP contribution is 2.37. The van der Waals surface area contributed by atoms with Crippen molar-refractivity contribution in [2.24, 2.45) is 0 Å². The molecule has 2 unspecified atom stereocenters. The highest BCUT2D eigenvalue weighted by atomic mass is 32.3. The van der Waals surface area contributed by atoms with Gasteiger partial charge in [0.2, 0.25) is 0 Å². The minimum atomic E-state index is -6.64. The average molecular weight is 424 g/mol. The number of hydrogen-bond acceptors (Lipinski definition) is 7. The summed E-state index contributed by atoms with van der Waals surface area (Å²) in [5.74, 6) is 0. The van der Waals surface area contributed by atoms with Crippen LogP contribution in [0.3, 0.4) is 0 Å². The zero-order valence-corrected chi connectivity index (χ0v) is 14.1. The van der Waals surface area contributed by atoms with Crippen LogP contribution in [0.25, 0.3) is 0 Å². The molecule has 15 heteroatoms. The molecule has 0 aliphatic carbocycles. The predicted octanol–water partition coefficient (Wildman–Crippen LogP) is 1.35. The minimum absolute atomic E-state index is 0.0479. The number of epoxide rings is 1. The van der Waals surface area contributed by atoms with E-state index in [-0.39, 0.29) is 12.7 Å². The smallest absolute Gasteiger partial charge is 0.371 e. The molecule has 0 amide bonds. The van der Waals surface area contributed by atoms with Crippen molar-refractivity contribution < 1.29 is 57.4 Å². The van der Waals surface area contributed by atoms with Crippen LogP contribution in [-0.4, -0.2) is 64.6 Å². The third-order valence-corrected chi connectivity index (χ3v) is 7.63. The van der Waals surface area contributed by atoms with Crippen molar-refractivity contribution in [2.45, 2.75) is 41.3 Å². The molecular formula is C10H14F6O7S2. The molecule has 0 aromatic rings. The summed E-state index contributed by atoms with van der Waals surface area (Å²) in [4.78, 5) is 0. The summed E-state index contributed by atoms with van der Waals surface area (Å²) >= 11 is 0. The summed E-state index contributed by atoms with van der Waals surface area (Å²) in [6.07, 6.45) is -2.89. The van der Waals surface area contributed by atoms with E-state index in [1.807, 2.05) is 0 Å². The maximum atomic E-state index is 12.5. The van der Waals surface area contributed by atoms with Crippen molar-refractivity contribution in [3.63, 3.8) is 0 Å². The van der Waals surface area contributed by atoms with Crippen molar-refractivity contribution in [2.75, 3.05) is 19.8 Å². The molecule has 0 N–H and O–H groups in total. The van der Waals surface area contributed by atoms with E-state index >= 15 is 0 Å². The van der Waals surface area contributed by atoms with Gasteiger partial charge >= 0.3 is 11.0 Å². The summed E-state index contributed by atoms with van der Waals surface area (Å²) in [6.45, 7) is 0.685. The maximum Gasteiger partial charge on any atom is 0.498 e. The van der Waals surface area contributed by atoms with Gasteiger partial charge in [-0.25, -0.2) is 16.8 Å². The first-order valence-electron chi connectivity index (χ1n) is 6.56. The number of rotatable bonds is 9. The SMILES string of the molecule is CC(OCCC(S(=O)(=O)C(F)(F)F)S(=O)(=O)C(F)(F)F)OCC1CO1. The van der Waals surface area contributed by atoms with Gasteiger partial charge in [0.25, 0.3) is 19.7 Å². The molecule has 150 valence electrons. The first-order chi connectivity index (χ1) is 11.1. The summed E-state index contributed by atoms with van der Waals surface area (Å²) < 4.78 is 131. The van der Waals surface area contributed by atoms with Gasteiger partial charge in [0.15, 0.2) is 10.9 Å². The Labute approximate surface area is 139 Å². The molecule has 0 saturated carbocycles. The Balaban J connectivity index is 2.85. The van der Waals surface area contributed by atoms with Gasteiger partial charge in [-0.3, -0.25) is 0 Å². The average Bonchev–Trinajstić information content (AvgIpc) is 3.22. The van der Waals surface area contributed by atoms with E-state index < -0.39 is 54.6 Å². The van der Waals surface area contributed by atoms with Crippen molar-refractivity contribution in [3.05, 3.63) is 0 Å². The minimum Gasteiger partial charge on any atom is -0.371 e. The third kappa shape index (κ3) is 5.67. The van der Waals surface area contributed by atoms with Crippen LogP contribution in [0.4, 0.5) is 26.3 Å². The Kier molecular flexibility index (Phi) is 6.76. The first kappa shape index (κ1) is 22.4. The Morgan fingerprint density at radius 3 is 1.80 bits per heavy atom. The molecule has 1 rings (SSSR count). The van der Waals surface area contributed by atoms with E-state index in [4.69, 9.17) is 14.2 Å². The quantitative estimate of drug-likeness (QED) is 0.313. The normalized spacial score (nSPS) is 20.7. The molecule has 1 saturated heterocycles. The van der Waals surface area contributed by atoms with Crippen LogP contribution < -0.4 is 0 Å². The largest absolute Gasteiger partial charge is 0.498 e. The summed E-state index contributed by atoms with van der Waals surface area (Å²) in [6, 6.07) is 0. The fourth-order valence-corrected chi connectivity index (χ4v) is 4.96. The van der Waals surface area contributed by atoms with Crippen LogP contribution in [0.2, 0.25) is 0 Å². The predicted molar refractivity (Wildman–Crippen MR) is 69.5 cm³/mol. The number of ether oxygens (including phenoxy) is 3. The second-order valence-corrected chi connectivity index (χ2v) is 9.47. The van der Waals surface area contributed by atoms with Gasteiger partial charge in [0.05, 0.1) is 19.8 Å². The molecular weight excluding hydrogens is 410 g/mol. The Morgan fingerprint density at radius 1 is 1.00 bits per heavy atom. The van der Waals surface area contributed by atoms with Crippen LogP contribution in [0.15, 0.2) is 0 Å². The Hall–Kier alpha value is -0.640. The lowest BCUT2D eigenvalue weighted by Crippen LogP contribution is -2.45. The third-order valence-electron chi connectivity index (χ3n) is 2.96. The fourth-order valence-electron chi connectivity index (χ4n) is 1.56. The fraction of sp³-hybridized carbons (Fsp3) is 1.00. The molecule has 1 heterocycles. The van der Waals surface area contributed by atoms with Crippen LogP contribution in [0.5, 0.6) is 0 Å². The monoisotopic (exact) mass is 424 g/mol. The maximum absolute atomic E-state index is 12.5. The molecule has 0 spiro atoms. The summed E-state index contributed by atoms with van der Waals surface area (Å²) in [7, 11) is -13.3. The van der Waals surface area contributed by atoms with Crippen LogP contribution in [-0.2, 0) is 33.9 Å². The number of sulfone groups is 2. The lowest BCUT2D eigenvalue weighted by molar-refractivity contribution is -0.133. The van der Waals surface area contributed by atoms with Gasteiger partial charge in [-0.15, -0.1) is 0 Å². The number of alkyl halides is 6. The lowest BCUT2D eigenvalue weighted by atomic mass is 10.5. The van der Waals surface area contributed by atoms with E-state index in [9.17, 15) is 43.2 Å². The zero-order chi connectivity index (χ0) is 19.7. The van der Waals surface area contributed by atoms with Gasteiger partial charge in [0, 0.05) is 6.42 Å². The second-order valence-electron chi connectivity index (χ2n) is 4.93. The van der Waals surface area contributed by atoms with E-state index in [1.165, 1.54) is 6.92 Å². The van der Waals surface area contributed by atoms with Crippen LogP contribution in [0.1, 0.15) is 13.3 Å². The van der Waals surface area contributed by atoms with Crippen LogP contribution in [0, 0.1) is 0 Å². The van der Waals surface area contributed by atoms with Crippen molar-refractivity contribution >= 4 is 19.7 Å². The molecule has 0 aromatic carbocycles. The summed E-state index contributed by atoms with van der Waals surface area (Å²) in [5.41, 5.74) is -12.4. The van der Waals surface area contributed by atoms with Gasteiger partial charge in [-0.05, 0) is 6.92 Å². The highest BCUT2D eigenvalue weighted by Gasteiger charge is 2.62. The molecule has 7 nitrogen and oxygen atoms in total. The Morgan fingerprint density at radius 2 is 1.44 bits per heavy atom. The molecule has 0 radical (unpaired) electrons. The molecule has 0 aromatic heterocycles. The van der Waals surface area contributed by atoms with Crippen molar-refractivity contribution in [3.8, 4) is 0 Å². The molecule has 2 atom stereocenters. The topological polar surface area (TPSA) is 99.3 Å². The summed E-state index contributed by atoms with van der Waals surface area (Å²) in [5, 5.41) is 0. The first-order valence-corrected chi connectivity index (χ1v) is 9.65. The van der Waals surface area contributed by atoms with Crippen LogP contribution >= 0.6 is 0 Å². The lowest BCUT2D eigenvalue weighted by Gasteiger charge is -2.21.